The van der Waals surface area contributed by atoms with Gasteiger partial charge in [-0.3, -0.25) is 4.98 Å². The van der Waals surface area contributed by atoms with Crippen LogP contribution in [0.2, 0.25) is 0 Å². The average molecular weight is 283 g/mol. The lowest BCUT2D eigenvalue weighted by Gasteiger charge is -2.13. The summed E-state index contributed by atoms with van der Waals surface area (Å²) in [5.41, 5.74) is 8.52. The van der Waals surface area contributed by atoms with E-state index >= 15 is 0 Å². The molecule has 3 rings (SSSR count). The molecule has 1 aromatic heterocycles. The van der Waals surface area contributed by atoms with E-state index in [1.165, 1.54) is 13.2 Å². The number of hydrogen-bond donors (Lipinski definition) is 1. The van der Waals surface area contributed by atoms with Crippen molar-refractivity contribution in [2.45, 2.75) is 6.04 Å². The van der Waals surface area contributed by atoms with Gasteiger partial charge in [-0.05, 0) is 18.2 Å². The molecule has 0 radical (unpaired) electrons. The largest absolute Gasteiger partial charge is 0.497 e. The van der Waals surface area contributed by atoms with Gasteiger partial charge in [-0.1, -0.05) is 18.2 Å². The number of nitrogens with two attached hydrogens (primary N) is 1. The van der Waals surface area contributed by atoms with Crippen LogP contribution in [-0.2, 0) is 0 Å². The first-order valence-electron chi connectivity index (χ1n) is 6.50. The maximum Gasteiger partial charge on any atom is 0.132 e. The van der Waals surface area contributed by atoms with Gasteiger partial charge in [-0.2, -0.15) is 0 Å². The number of aromatic nitrogens is 2. The number of halogens is 1. The summed E-state index contributed by atoms with van der Waals surface area (Å²) < 4.78 is 19.1. The van der Waals surface area contributed by atoms with Crippen molar-refractivity contribution < 1.29 is 9.13 Å². The number of fused-ring (bicyclic) bond motifs is 1. The zero-order chi connectivity index (χ0) is 14.8. The number of methoxy groups -OCH3 is 1. The van der Waals surface area contributed by atoms with E-state index in [-0.39, 0.29) is 0 Å². The number of ether oxygens (including phenoxy) is 1. The Morgan fingerprint density at radius 2 is 1.90 bits per heavy atom. The van der Waals surface area contributed by atoms with E-state index in [9.17, 15) is 4.39 Å². The molecule has 106 valence electrons. The van der Waals surface area contributed by atoms with Gasteiger partial charge in [0.25, 0.3) is 0 Å². The van der Waals surface area contributed by atoms with Crippen molar-refractivity contribution in [2.24, 2.45) is 5.73 Å². The molecule has 0 spiro atoms. The third-order valence-corrected chi connectivity index (χ3v) is 3.33. The predicted molar refractivity (Wildman–Crippen MR) is 78.5 cm³/mol. The summed E-state index contributed by atoms with van der Waals surface area (Å²) in [4.78, 5) is 8.75. The lowest BCUT2D eigenvalue weighted by Crippen LogP contribution is -2.15. The van der Waals surface area contributed by atoms with Crippen molar-refractivity contribution in [1.82, 2.24) is 9.97 Å². The molecule has 0 aliphatic carbocycles. The van der Waals surface area contributed by atoms with E-state index in [1.807, 2.05) is 24.3 Å². The summed E-state index contributed by atoms with van der Waals surface area (Å²) in [6, 6.07) is 11.4. The monoisotopic (exact) mass is 283 g/mol. The zero-order valence-electron chi connectivity index (χ0n) is 11.5. The summed E-state index contributed by atoms with van der Waals surface area (Å²) in [6.45, 7) is 0. The molecular formula is C16H14FN3O. The van der Waals surface area contributed by atoms with Crippen molar-refractivity contribution in [1.29, 1.82) is 0 Å². The van der Waals surface area contributed by atoms with Crippen LogP contribution in [0.5, 0.6) is 5.75 Å². The van der Waals surface area contributed by atoms with Crippen LogP contribution in [0.3, 0.4) is 0 Å². The van der Waals surface area contributed by atoms with E-state index in [0.717, 1.165) is 11.0 Å². The van der Waals surface area contributed by atoms with Gasteiger partial charge >= 0.3 is 0 Å². The number of benzene rings is 2. The molecule has 21 heavy (non-hydrogen) atoms. The summed E-state index contributed by atoms with van der Waals surface area (Å²) in [7, 11) is 1.49. The third kappa shape index (κ3) is 2.55. The molecule has 1 unspecified atom stereocenters. The molecule has 2 aromatic carbocycles. The van der Waals surface area contributed by atoms with Gasteiger partial charge in [0.15, 0.2) is 0 Å². The minimum atomic E-state index is -0.673. The number of nitrogens with zero attached hydrogens (tertiary/aromatic N) is 2. The molecule has 1 atom stereocenters. The Balaban J connectivity index is 2.01. The molecule has 0 bridgehead atoms. The van der Waals surface area contributed by atoms with Crippen molar-refractivity contribution in [3.8, 4) is 5.75 Å². The smallest absolute Gasteiger partial charge is 0.132 e. The average Bonchev–Trinajstić information content (AvgIpc) is 2.53. The van der Waals surface area contributed by atoms with Crippen LogP contribution in [0.4, 0.5) is 4.39 Å². The first-order valence-corrected chi connectivity index (χ1v) is 6.50. The van der Waals surface area contributed by atoms with Crippen molar-refractivity contribution in [3.05, 3.63) is 65.7 Å². The Hall–Kier alpha value is -2.53. The van der Waals surface area contributed by atoms with Crippen LogP contribution in [0, 0.1) is 5.82 Å². The summed E-state index contributed by atoms with van der Waals surface area (Å²) in [5, 5.41) is 0. The molecule has 0 saturated heterocycles. The summed E-state index contributed by atoms with van der Waals surface area (Å²) in [5.74, 6) is 0.0323. The molecular weight excluding hydrogens is 269 g/mol. The Bertz CT molecular complexity index is 791. The number of para-hydroxylation sites is 2. The van der Waals surface area contributed by atoms with Crippen molar-refractivity contribution >= 4 is 11.0 Å². The molecule has 5 heteroatoms. The quantitative estimate of drug-likeness (QED) is 0.803. The Kier molecular flexibility index (Phi) is 3.50. The van der Waals surface area contributed by atoms with Crippen LogP contribution in [0.25, 0.3) is 11.0 Å². The first-order chi connectivity index (χ1) is 10.2. The molecule has 0 amide bonds. The van der Waals surface area contributed by atoms with E-state index < -0.39 is 11.9 Å². The second-order valence-corrected chi connectivity index (χ2v) is 4.65. The van der Waals surface area contributed by atoms with Gasteiger partial charge in [-0.15, -0.1) is 0 Å². The molecule has 4 nitrogen and oxygen atoms in total. The van der Waals surface area contributed by atoms with Crippen molar-refractivity contribution in [2.75, 3.05) is 7.11 Å². The minimum Gasteiger partial charge on any atom is -0.497 e. The molecule has 2 N–H and O–H groups in total. The molecule has 1 heterocycles. The second-order valence-electron chi connectivity index (χ2n) is 4.65. The Morgan fingerprint density at radius 1 is 1.14 bits per heavy atom. The van der Waals surface area contributed by atoms with Crippen LogP contribution in [0.15, 0.2) is 48.7 Å². The fourth-order valence-electron chi connectivity index (χ4n) is 2.17. The van der Waals surface area contributed by atoms with Gasteiger partial charge in [0.2, 0.25) is 0 Å². The summed E-state index contributed by atoms with van der Waals surface area (Å²) in [6.07, 6.45) is 1.58. The highest BCUT2D eigenvalue weighted by atomic mass is 19.1. The van der Waals surface area contributed by atoms with Gasteiger partial charge in [0.1, 0.15) is 11.6 Å². The van der Waals surface area contributed by atoms with Gasteiger partial charge < -0.3 is 10.5 Å². The standard InChI is InChI=1S/C16H14FN3O/c1-21-10-6-7-11(12(17)8-10)16(18)15-9-19-13-4-2-3-5-14(13)20-15/h2-9,16H,18H2,1H3. The Labute approximate surface area is 121 Å². The van der Waals surface area contributed by atoms with Crippen LogP contribution < -0.4 is 10.5 Å². The maximum atomic E-state index is 14.1. The van der Waals surface area contributed by atoms with Crippen molar-refractivity contribution in [3.63, 3.8) is 0 Å². The highest BCUT2D eigenvalue weighted by molar-refractivity contribution is 5.73. The first kappa shape index (κ1) is 13.5. The van der Waals surface area contributed by atoms with E-state index in [2.05, 4.69) is 9.97 Å². The topological polar surface area (TPSA) is 61.0 Å². The Morgan fingerprint density at radius 3 is 2.62 bits per heavy atom. The minimum absolute atomic E-state index is 0.361. The van der Waals surface area contributed by atoms with E-state index in [1.54, 1.807) is 18.3 Å². The van der Waals surface area contributed by atoms with E-state index in [4.69, 9.17) is 10.5 Å². The van der Waals surface area contributed by atoms with Crippen LogP contribution in [0.1, 0.15) is 17.3 Å². The number of rotatable bonds is 3. The summed E-state index contributed by atoms with van der Waals surface area (Å²) >= 11 is 0. The van der Waals surface area contributed by atoms with E-state index in [0.29, 0.717) is 17.0 Å². The lowest BCUT2D eigenvalue weighted by molar-refractivity contribution is 0.410. The number of hydrogen-bond acceptors (Lipinski definition) is 4. The van der Waals surface area contributed by atoms with Gasteiger partial charge in [0, 0.05) is 11.6 Å². The van der Waals surface area contributed by atoms with Gasteiger partial charge in [-0.25, -0.2) is 9.37 Å². The van der Waals surface area contributed by atoms with Gasteiger partial charge in [0.05, 0.1) is 36.1 Å². The normalized spacial score (nSPS) is 12.3. The van der Waals surface area contributed by atoms with Crippen LogP contribution >= 0.6 is 0 Å². The lowest BCUT2D eigenvalue weighted by atomic mass is 10.0. The highest BCUT2D eigenvalue weighted by Crippen LogP contribution is 2.24. The molecule has 0 saturated carbocycles. The fourth-order valence-corrected chi connectivity index (χ4v) is 2.17. The van der Waals surface area contributed by atoms with Crippen LogP contribution in [-0.4, -0.2) is 17.1 Å². The second kappa shape index (κ2) is 5.46. The third-order valence-electron chi connectivity index (χ3n) is 3.33. The zero-order valence-corrected chi connectivity index (χ0v) is 11.5. The molecule has 0 fully saturated rings. The predicted octanol–water partition coefficient (Wildman–Crippen LogP) is 2.83. The SMILES string of the molecule is COc1ccc(C(N)c2cnc3ccccc3n2)c(F)c1. The molecule has 0 aliphatic heterocycles. The maximum absolute atomic E-state index is 14.1. The highest BCUT2D eigenvalue weighted by Gasteiger charge is 2.16. The molecule has 3 aromatic rings. The fraction of sp³-hybridized carbons (Fsp3) is 0.125. The molecule has 0 aliphatic rings.